The van der Waals surface area contributed by atoms with E-state index in [1.165, 1.54) is 31.2 Å². The summed E-state index contributed by atoms with van der Waals surface area (Å²) in [6, 6.07) is 6.07. The zero-order valence-corrected chi connectivity index (χ0v) is 14.2. The molecule has 1 aromatic carbocycles. The van der Waals surface area contributed by atoms with Gasteiger partial charge in [-0.15, -0.1) is 0 Å². The quantitative estimate of drug-likeness (QED) is 0.893. The zero-order valence-electron chi connectivity index (χ0n) is 14.2. The van der Waals surface area contributed by atoms with Crippen molar-refractivity contribution in [2.45, 2.75) is 51.2 Å². The molecule has 0 radical (unpaired) electrons. The number of fused-ring (bicyclic) bond motifs is 2. The Hall–Kier alpha value is -2.34. The lowest BCUT2D eigenvalue weighted by Gasteiger charge is -2.15. The summed E-state index contributed by atoms with van der Waals surface area (Å²) in [4.78, 5) is 9.74. The van der Waals surface area contributed by atoms with Gasteiger partial charge in [0.2, 0.25) is 6.79 Å². The number of anilines is 1. The third kappa shape index (κ3) is 2.80. The summed E-state index contributed by atoms with van der Waals surface area (Å²) in [6.45, 7) is 2.70. The van der Waals surface area contributed by atoms with Gasteiger partial charge in [0.15, 0.2) is 11.5 Å². The van der Waals surface area contributed by atoms with Crippen molar-refractivity contribution in [3.05, 3.63) is 40.8 Å². The molecule has 2 aliphatic heterocycles. The van der Waals surface area contributed by atoms with Gasteiger partial charge in [-0.05, 0) is 30.5 Å². The lowest BCUT2D eigenvalue weighted by atomic mass is 10.1. The van der Waals surface area contributed by atoms with E-state index in [2.05, 4.69) is 16.7 Å². The number of hydrogen-bond donors (Lipinski definition) is 2. The maximum absolute atomic E-state index is 5.47. The summed E-state index contributed by atoms with van der Waals surface area (Å²) in [5, 5.41) is 6.93. The van der Waals surface area contributed by atoms with Gasteiger partial charge >= 0.3 is 0 Å². The first-order chi connectivity index (χ1) is 12.4. The van der Waals surface area contributed by atoms with E-state index in [-0.39, 0.29) is 0 Å². The van der Waals surface area contributed by atoms with Gasteiger partial charge in [-0.25, -0.2) is 9.97 Å². The number of nitrogens with zero attached hydrogens (tertiary/aromatic N) is 2. The van der Waals surface area contributed by atoms with Crippen LogP contribution in [0.3, 0.4) is 0 Å². The number of hydrogen-bond acceptors (Lipinski definition) is 6. The van der Waals surface area contributed by atoms with Crippen LogP contribution in [0.1, 0.15) is 54.2 Å². The molecule has 130 valence electrons. The Kier molecular flexibility index (Phi) is 3.70. The minimum Gasteiger partial charge on any atom is -0.454 e. The molecule has 6 nitrogen and oxygen atoms in total. The number of rotatable bonds is 4. The molecule has 1 saturated carbocycles. The highest BCUT2D eigenvalue weighted by molar-refractivity contribution is 5.50. The molecule has 3 heterocycles. The van der Waals surface area contributed by atoms with Crippen molar-refractivity contribution in [3.63, 3.8) is 0 Å². The van der Waals surface area contributed by atoms with Gasteiger partial charge in [0.25, 0.3) is 0 Å². The largest absolute Gasteiger partial charge is 0.454 e. The maximum Gasteiger partial charge on any atom is 0.231 e. The molecule has 6 heteroatoms. The van der Waals surface area contributed by atoms with E-state index in [9.17, 15) is 0 Å². The minimum absolute atomic E-state index is 0.308. The Morgan fingerprint density at radius 2 is 1.96 bits per heavy atom. The van der Waals surface area contributed by atoms with Crippen LogP contribution in [0.5, 0.6) is 11.5 Å². The molecule has 0 unspecified atom stereocenters. The molecule has 25 heavy (non-hydrogen) atoms. The van der Waals surface area contributed by atoms with Crippen molar-refractivity contribution in [2.24, 2.45) is 0 Å². The highest BCUT2D eigenvalue weighted by atomic mass is 16.7. The SMILES string of the molecule is c1cc2c(cc1CNc1nc(C3CCCC3)nc3c1CNC3)OCO2. The van der Waals surface area contributed by atoms with Crippen molar-refractivity contribution in [1.29, 1.82) is 0 Å². The monoisotopic (exact) mass is 338 g/mol. The van der Waals surface area contributed by atoms with Gasteiger partial charge in [0.1, 0.15) is 11.6 Å². The molecule has 0 bridgehead atoms. The van der Waals surface area contributed by atoms with Crippen LogP contribution in [0.15, 0.2) is 18.2 Å². The molecule has 3 aliphatic rings. The normalized spacial score (nSPS) is 18.6. The van der Waals surface area contributed by atoms with E-state index >= 15 is 0 Å². The average molecular weight is 338 g/mol. The molecule has 5 rings (SSSR count). The summed E-state index contributed by atoms with van der Waals surface area (Å²) in [5.41, 5.74) is 3.53. The molecule has 0 amide bonds. The van der Waals surface area contributed by atoms with Gasteiger partial charge in [-0.1, -0.05) is 18.9 Å². The maximum atomic E-state index is 5.47. The van der Waals surface area contributed by atoms with E-state index in [0.29, 0.717) is 19.3 Å². The molecule has 1 aliphatic carbocycles. The summed E-state index contributed by atoms with van der Waals surface area (Å²) in [6.07, 6.45) is 5.02. The van der Waals surface area contributed by atoms with E-state index in [1.807, 2.05) is 12.1 Å². The second-order valence-corrected chi connectivity index (χ2v) is 6.98. The molecule has 2 N–H and O–H groups in total. The van der Waals surface area contributed by atoms with Crippen LogP contribution in [0.2, 0.25) is 0 Å². The highest BCUT2D eigenvalue weighted by Gasteiger charge is 2.25. The number of aromatic nitrogens is 2. The van der Waals surface area contributed by atoms with Crippen molar-refractivity contribution < 1.29 is 9.47 Å². The van der Waals surface area contributed by atoms with E-state index in [1.54, 1.807) is 0 Å². The predicted octanol–water partition coefficient (Wildman–Crippen LogP) is 3.08. The van der Waals surface area contributed by atoms with Gasteiger partial charge in [0, 0.05) is 31.1 Å². The van der Waals surface area contributed by atoms with E-state index < -0.39 is 0 Å². The standard InChI is InChI=1S/C19H22N4O2/c1-2-4-13(3-1)18-22-15-10-20-9-14(15)19(23-18)21-8-12-5-6-16-17(7-12)25-11-24-16/h5-7,13,20H,1-4,8-11H2,(H,21,22,23). The number of nitrogens with one attached hydrogen (secondary N) is 2. The Morgan fingerprint density at radius 3 is 2.88 bits per heavy atom. The third-order valence-electron chi connectivity index (χ3n) is 5.32. The summed E-state index contributed by atoms with van der Waals surface area (Å²) >= 11 is 0. The van der Waals surface area contributed by atoms with Crippen molar-refractivity contribution in [1.82, 2.24) is 15.3 Å². The Balaban J connectivity index is 1.39. The van der Waals surface area contributed by atoms with Crippen LogP contribution < -0.4 is 20.1 Å². The molecular formula is C19H22N4O2. The minimum atomic E-state index is 0.308. The first kappa shape index (κ1) is 15.0. The average Bonchev–Trinajstić information content (AvgIpc) is 3.39. The van der Waals surface area contributed by atoms with Crippen molar-refractivity contribution >= 4 is 5.82 Å². The van der Waals surface area contributed by atoms with Crippen LogP contribution in [0.4, 0.5) is 5.82 Å². The summed E-state index contributed by atoms with van der Waals surface area (Å²) in [5.74, 6) is 4.17. The van der Waals surface area contributed by atoms with Gasteiger partial charge in [0.05, 0.1) is 5.69 Å². The van der Waals surface area contributed by atoms with Crippen LogP contribution in [0, 0.1) is 0 Å². The lowest BCUT2D eigenvalue weighted by molar-refractivity contribution is 0.174. The van der Waals surface area contributed by atoms with Crippen LogP contribution in [-0.2, 0) is 19.6 Å². The smallest absolute Gasteiger partial charge is 0.231 e. The molecule has 1 aromatic heterocycles. The first-order valence-electron chi connectivity index (χ1n) is 9.09. The van der Waals surface area contributed by atoms with Gasteiger partial charge in [-0.2, -0.15) is 0 Å². The zero-order chi connectivity index (χ0) is 16.6. The fourth-order valence-electron chi connectivity index (χ4n) is 3.94. The first-order valence-corrected chi connectivity index (χ1v) is 9.09. The van der Waals surface area contributed by atoms with Gasteiger partial charge < -0.3 is 20.1 Å². The highest BCUT2D eigenvalue weighted by Crippen LogP contribution is 2.35. The predicted molar refractivity (Wildman–Crippen MR) is 93.7 cm³/mol. The molecule has 2 aromatic rings. The molecular weight excluding hydrogens is 316 g/mol. The Bertz CT molecular complexity index is 802. The van der Waals surface area contributed by atoms with Crippen molar-refractivity contribution in [3.8, 4) is 11.5 Å². The second-order valence-electron chi connectivity index (χ2n) is 6.98. The Labute approximate surface area is 147 Å². The fraction of sp³-hybridized carbons (Fsp3) is 0.474. The van der Waals surface area contributed by atoms with Gasteiger partial charge in [-0.3, -0.25) is 0 Å². The topological polar surface area (TPSA) is 68.3 Å². The molecule has 1 fully saturated rings. The van der Waals surface area contributed by atoms with Crippen molar-refractivity contribution in [2.75, 3.05) is 12.1 Å². The van der Waals surface area contributed by atoms with Crippen LogP contribution in [-0.4, -0.2) is 16.8 Å². The lowest BCUT2D eigenvalue weighted by Crippen LogP contribution is -2.10. The summed E-state index contributed by atoms with van der Waals surface area (Å²) in [7, 11) is 0. The van der Waals surface area contributed by atoms with Crippen LogP contribution in [0.25, 0.3) is 0 Å². The number of ether oxygens (including phenoxy) is 2. The second kappa shape index (κ2) is 6.19. The molecule has 0 saturated heterocycles. The molecule has 0 atom stereocenters. The van der Waals surface area contributed by atoms with E-state index in [0.717, 1.165) is 47.5 Å². The summed E-state index contributed by atoms with van der Waals surface area (Å²) < 4.78 is 10.8. The van der Waals surface area contributed by atoms with E-state index in [4.69, 9.17) is 19.4 Å². The number of benzene rings is 1. The third-order valence-corrected chi connectivity index (χ3v) is 5.32. The Morgan fingerprint density at radius 1 is 1.08 bits per heavy atom. The van der Waals surface area contributed by atoms with Crippen LogP contribution >= 0.6 is 0 Å². The molecule has 0 spiro atoms. The fourth-order valence-corrected chi connectivity index (χ4v) is 3.94.